The van der Waals surface area contributed by atoms with Gasteiger partial charge in [0.05, 0.1) is 0 Å². The van der Waals surface area contributed by atoms with Crippen LogP contribution in [-0.4, -0.2) is 28.9 Å². The molecule has 3 rings (SSSR count). The molecule has 1 saturated heterocycles. The zero-order valence-electron chi connectivity index (χ0n) is 12.5. The maximum atomic E-state index is 12.4. The summed E-state index contributed by atoms with van der Waals surface area (Å²) in [6, 6.07) is 9.76. The van der Waals surface area contributed by atoms with Crippen molar-refractivity contribution in [3.63, 3.8) is 0 Å². The summed E-state index contributed by atoms with van der Waals surface area (Å²) in [4.78, 5) is 18.5. The van der Waals surface area contributed by atoms with Crippen molar-refractivity contribution >= 4 is 33.2 Å². The van der Waals surface area contributed by atoms with Gasteiger partial charge in [0.1, 0.15) is 5.69 Å². The number of likely N-dealkylation sites (tertiary alicyclic amines) is 1. The predicted octanol–water partition coefficient (Wildman–Crippen LogP) is 4.13. The van der Waals surface area contributed by atoms with Crippen LogP contribution in [0.4, 0.5) is 11.4 Å². The van der Waals surface area contributed by atoms with Crippen LogP contribution < -0.4 is 5.32 Å². The molecule has 5 heteroatoms. The van der Waals surface area contributed by atoms with Crippen LogP contribution in [0.25, 0.3) is 0 Å². The third kappa shape index (κ3) is 3.30. The van der Waals surface area contributed by atoms with E-state index in [9.17, 15) is 4.79 Å². The number of pyridine rings is 1. The van der Waals surface area contributed by atoms with E-state index in [1.165, 1.54) is 0 Å². The SMILES string of the molecule is Cc1cc(Nc2ccnc(C(=O)N3CCCC3)c2)ccc1Br. The van der Waals surface area contributed by atoms with E-state index in [-0.39, 0.29) is 5.91 Å². The Bertz CT molecular complexity index is 696. The number of amides is 1. The molecular weight excluding hydrogens is 342 g/mol. The minimum absolute atomic E-state index is 0.0214. The van der Waals surface area contributed by atoms with Crippen LogP contribution in [-0.2, 0) is 0 Å². The molecule has 0 spiro atoms. The lowest BCUT2D eigenvalue weighted by atomic mass is 10.2. The topological polar surface area (TPSA) is 45.2 Å². The number of rotatable bonds is 3. The van der Waals surface area contributed by atoms with Crippen molar-refractivity contribution < 1.29 is 4.79 Å². The summed E-state index contributed by atoms with van der Waals surface area (Å²) in [5.41, 5.74) is 3.53. The first kappa shape index (κ1) is 15.0. The quantitative estimate of drug-likeness (QED) is 0.895. The van der Waals surface area contributed by atoms with Crippen LogP contribution >= 0.6 is 15.9 Å². The Labute approximate surface area is 138 Å². The zero-order valence-corrected chi connectivity index (χ0v) is 14.1. The van der Waals surface area contributed by atoms with Gasteiger partial charge in [0.15, 0.2) is 0 Å². The Hall–Kier alpha value is -1.88. The number of hydrogen-bond donors (Lipinski definition) is 1. The molecule has 0 atom stereocenters. The first-order valence-electron chi connectivity index (χ1n) is 7.42. The Morgan fingerprint density at radius 1 is 1.18 bits per heavy atom. The molecule has 1 aromatic carbocycles. The van der Waals surface area contributed by atoms with Crippen molar-refractivity contribution in [3.05, 3.63) is 52.3 Å². The highest BCUT2D eigenvalue weighted by atomic mass is 79.9. The molecule has 0 saturated carbocycles. The summed E-state index contributed by atoms with van der Waals surface area (Å²) < 4.78 is 1.08. The first-order valence-corrected chi connectivity index (χ1v) is 8.21. The number of aryl methyl sites for hydroxylation is 1. The standard InChI is InChI=1S/C17H18BrN3O/c1-12-10-13(4-5-15(12)18)20-14-6-7-19-16(11-14)17(22)21-8-2-3-9-21/h4-7,10-11H,2-3,8-9H2,1H3,(H,19,20). The van der Waals surface area contributed by atoms with Crippen molar-refractivity contribution in [1.82, 2.24) is 9.88 Å². The fourth-order valence-electron chi connectivity index (χ4n) is 2.60. The maximum absolute atomic E-state index is 12.4. The Morgan fingerprint density at radius 3 is 2.64 bits per heavy atom. The number of anilines is 2. The average molecular weight is 360 g/mol. The van der Waals surface area contributed by atoms with E-state index in [0.29, 0.717) is 5.69 Å². The molecule has 1 aromatic heterocycles. The number of nitrogens with one attached hydrogen (secondary N) is 1. The third-order valence-electron chi connectivity index (χ3n) is 3.82. The summed E-state index contributed by atoms with van der Waals surface area (Å²) >= 11 is 3.50. The summed E-state index contributed by atoms with van der Waals surface area (Å²) in [6.45, 7) is 3.72. The van der Waals surface area contributed by atoms with Gasteiger partial charge in [-0.2, -0.15) is 0 Å². The highest BCUT2D eigenvalue weighted by molar-refractivity contribution is 9.10. The molecule has 1 amide bonds. The lowest BCUT2D eigenvalue weighted by molar-refractivity contribution is 0.0787. The molecule has 2 heterocycles. The summed E-state index contributed by atoms with van der Waals surface area (Å²) in [6.07, 6.45) is 3.85. The highest BCUT2D eigenvalue weighted by Crippen LogP contribution is 2.23. The van der Waals surface area contributed by atoms with Gasteiger partial charge < -0.3 is 10.2 Å². The molecule has 1 fully saturated rings. The molecule has 1 N–H and O–H groups in total. The lowest BCUT2D eigenvalue weighted by Crippen LogP contribution is -2.28. The van der Waals surface area contributed by atoms with Gasteiger partial charge in [-0.1, -0.05) is 15.9 Å². The number of carbonyl (C=O) groups excluding carboxylic acids is 1. The van der Waals surface area contributed by atoms with Gasteiger partial charge in [-0.15, -0.1) is 0 Å². The fraction of sp³-hybridized carbons (Fsp3) is 0.294. The van der Waals surface area contributed by atoms with E-state index in [1.807, 2.05) is 36.1 Å². The average Bonchev–Trinajstić information content (AvgIpc) is 3.05. The first-order chi connectivity index (χ1) is 10.6. The third-order valence-corrected chi connectivity index (χ3v) is 4.71. The van der Waals surface area contributed by atoms with Crippen LogP contribution in [0.3, 0.4) is 0 Å². The van der Waals surface area contributed by atoms with E-state index in [2.05, 4.69) is 32.3 Å². The number of carbonyl (C=O) groups is 1. The summed E-state index contributed by atoms with van der Waals surface area (Å²) in [5.74, 6) is 0.0214. The summed E-state index contributed by atoms with van der Waals surface area (Å²) in [5, 5.41) is 3.33. The summed E-state index contributed by atoms with van der Waals surface area (Å²) in [7, 11) is 0. The van der Waals surface area contributed by atoms with Gasteiger partial charge in [0, 0.05) is 35.1 Å². The molecule has 1 aliphatic rings. The molecule has 1 aliphatic heterocycles. The van der Waals surface area contributed by atoms with Crippen LogP contribution in [0.2, 0.25) is 0 Å². The van der Waals surface area contributed by atoms with Crippen molar-refractivity contribution in [2.75, 3.05) is 18.4 Å². The van der Waals surface area contributed by atoms with Gasteiger partial charge >= 0.3 is 0 Å². The molecule has 0 radical (unpaired) electrons. The molecule has 114 valence electrons. The minimum atomic E-state index is 0.0214. The van der Waals surface area contributed by atoms with E-state index >= 15 is 0 Å². The van der Waals surface area contributed by atoms with Gasteiger partial charge in [-0.25, -0.2) is 0 Å². The molecule has 22 heavy (non-hydrogen) atoms. The molecular formula is C17H18BrN3O. The highest BCUT2D eigenvalue weighted by Gasteiger charge is 2.20. The number of nitrogens with zero attached hydrogens (tertiary/aromatic N) is 2. The van der Waals surface area contributed by atoms with Crippen LogP contribution in [0.5, 0.6) is 0 Å². The largest absolute Gasteiger partial charge is 0.355 e. The Morgan fingerprint density at radius 2 is 1.91 bits per heavy atom. The Balaban J connectivity index is 1.78. The van der Waals surface area contributed by atoms with Gasteiger partial charge in [-0.05, 0) is 55.7 Å². The second kappa shape index (κ2) is 6.48. The lowest BCUT2D eigenvalue weighted by Gasteiger charge is -2.15. The number of aromatic nitrogens is 1. The van der Waals surface area contributed by atoms with Crippen molar-refractivity contribution in [2.45, 2.75) is 19.8 Å². The zero-order chi connectivity index (χ0) is 15.5. The molecule has 4 nitrogen and oxygen atoms in total. The van der Waals surface area contributed by atoms with Crippen LogP contribution in [0, 0.1) is 6.92 Å². The molecule has 0 bridgehead atoms. The van der Waals surface area contributed by atoms with Gasteiger partial charge in [0.2, 0.25) is 0 Å². The number of halogens is 1. The van der Waals surface area contributed by atoms with Crippen molar-refractivity contribution in [3.8, 4) is 0 Å². The molecule has 0 aliphatic carbocycles. The molecule has 2 aromatic rings. The van der Waals surface area contributed by atoms with Crippen molar-refractivity contribution in [2.24, 2.45) is 0 Å². The second-order valence-electron chi connectivity index (χ2n) is 5.52. The monoisotopic (exact) mass is 359 g/mol. The second-order valence-corrected chi connectivity index (χ2v) is 6.37. The van der Waals surface area contributed by atoms with Gasteiger partial charge in [-0.3, -0.25) is 9.78 Å². The smallest absolute Gasteiger partial charge is 0.272 e. The predicted molar refractivity (Wildman–Crippen MR) is 91.5 cm³/mol. The van der Waals surface area contributed by atoms with E-state index in [0.717, 1.165) is 47.3 Å². The van der Waals surface area contributed by atoms with E-state index in [4.69, 9.17) is 0 Å². The number of hydrogen-bond acceptors (Lipinski definition) is 3. The van der Waals surface area contributed by atoms with Crippen LogP contribution in [0.15, 0.2) is 41.0 Å². The Kier molecular flexibility index (Phi) is 4.43. The van der Waals surface area contributed by atoms with E-state index in [1.54, 1.807) is 6.20 Å². The van der Waals surface area contributed by atoms with Crippen LogP contribution in [0.1, 0.15) is 28.9 Å². The minimum Gasteiger partial charge on any atom is -0.355 e. The van der Waals surface area contributed by atoms with Crippen molar-refractivity contribution in [1.29, 1.82) is 0 Å². The fourth-order valence-corrected chi connectivity index (χ4v) is 2.84. The number of benzene rings is 1. The van der Waals surface area contributed by atoms with E-state index < -0.39 is 0 Å². The normalized spacial score (nSPS) is 14.2. The molecule has 0 unspecified atom stereocenters. The maximum Gasteiger partial charge on any atom is 0.272 e. The van der Waals surface area contributed by atoms with Gasteiger partial charge in [0.25, 0.3) is 5.91 Å².